The molecule has 30 heavy (non-hydrogen) atoms. The van der Waals surface area contributed by atoms with Gasteiger partial charge in [-0.2, -0.15) is 0 Å². The molecule has 0 bridgehead atoms. The van der Waals surface area contributed by atoms with Gasteiger partial charge in [-0.05, 0) is 44.6 Å². The highest BCUT2D eigenvalue weighted by Crippen LogP contribution is 2.62. The van der Waals surface area contributed by atoms with Gasteiger partial charge in [0.05, 0.1) is 6.10 Å². The quantitative estimate of drug-likeness (QED) is 0.359. The molecule has 0 amide bonds. The number of piperidine rings is 1. The van der Waals surface area contributed by atoms with Crippen molar-refractivity contribution in [2.45, 2.75) is 70.2 Å². The number of hydrogen-bond acceptors (Lipinski definition) is 3. The average molecular weight is 524 g/mol. The van der Waals surface area contributed by atoms with Gasteiger partial charge < -0.3 is 15.4 Å². The first kappa shape index (κ1) is 22.3. The minimum atomic E-state index is 0. The van der Waals surface area contributed by atoms with E-state index in [0.29, 0.717) is 29.5 Å². The molecule has 1 spiro atoms. The summed E-state index contributed by atoms with van der Waals surface area (Å²) in [7, 11) is 1.91. The SMILES string of the molecule is CN=C(NC1CCN(Cc2cccc(C)c2)CC1)NC1C2CCOC2C12CCC2.I. The van der Waals surface area contributed by atoms with E-state index in [1.54, 1.807) is 0 Å². The summed E-state index contributed by atoms with van der Waals surface area (Å²) in [5, 5.41) is 7.55. The highest BCUT2D eigenvalue weighted by molar-refractivity contribution is 14.0. The van der Waals surface area contributed by atoms with Gasteiger partial charge in [0.25, 0.3) is 0 Å². The van der Waals surface area contributed by atoms with Crippen LogP contribution in [0, 0.1) is 18.3 Å². The Bertz CT molecular complexity index is 757. The number of ether oxygens (including phenoxy) is 1. The topological polar surface area (TPSA) is 48.9 Å². The number of guanidine groups is 1. The van der Waals surface area contributed by atoms with Crippen LogP contribution in [0.5, 0.6) is 0 Å². The molecule has 166 valence electrons. The summed E-state index contributed by atoms with van der Waals surface area (Å²) in [5.74, 6) is 1.69. The van der Waals surface area contributed by atoms with Crippen molar-refractivity contribution in [2.75, 3.05) is 26.7 Å². The fourth-order valence-corrected chi connectivity index (χ4v) is 6.27. The highest BCUT2D eigenvalue weighted by Gasteiger charge is 2.66. The third-order valence-corrected chi connectivity index (χ3v) is 7.97. The molecule has 3 unspecified atom stereocenters. The van der Waals surface area contributed by atoms with Crippen molar-refractivity contribution < 1.29 is 4.74 Å². The number of aliphatic imine (C=N–C) groups is 1. The van der Waals surface area contributed by atoms with Crippen LogP contribution in [-0.4, -0.2) is 55.8 Å². The summed E-state index contributed by atoms with van der Waals surface area (Å²) < 4.78 is 6.07. The summed E-state index contributed by atoms with van der Waals surface area (Å²) in [4.78, 5) is 7.16. The Morgan fingerprint density at radius 1 is 1.20 bits per heavy atom. The molecule has 2 heterocycles. The minimum absolute atomic E-state index is 0. The summed E-state index contributed by atoms with van der Waals surface area (Å²) in [5.41, 5.74) is 3.18. The molecule has 1 aromatic carbocycles. The summed E-state index contributed by atoms with van der Waals surface area (Å²) in [6.07, 6.45) is 8.07. The van der Waals surface area contributed by atoms with Crippen LogP contribution in [-0.2, 0) is 11.3 Å². The van der Waals surface area contributed by atoms with Gasteiger partial charge in [-0.15, -0.1) is 24.0 Å². The van der Waals surface area contributed by atoms with E-state index in [-0.39, 0.29) is 24.0 Å². The summed E-state index contributed by atoms with van der Waals surface area (Å²) in [6, 6.07) is 9.97. The molecule has 5 rings (SSSR count). The largest absolute Gasteiger partial charge is 0.377 e. The van der Waals surface area contributed by atoms with E-state index in [2.05, 4.69) is 51.7 Å². The lowest BCUT2D eigenvalue weighted by Gasteiger charge is -2.63. The number of likely N-dealkylation sites (tertiary alicyclic amines) is 1. The van der Waals surface area contributed by atoms with Crippen LogP contribution in [0.4, 0.5) is 0 Å². The zero-order valence-electron chi connectivity index (χ0n) is 18.4. The van der Waals surface area contributed by atoms with E-state index < -0.39 is 0 Å². The maximum atomic E-state index is 6.07. The molecular formula is C24H37IN4O. The van der Waals surface area contributed by atoms with Gasteiger partial charge in [-0.25, -0.2) is 0 Å². The molecule has 1 aromatic rings. The average Bonchev–Trinajstić information content (AvgIpc) is 3.10. The number of nitrogens with zero attached hydrogens (tertiary/aromatic N) is 2. The molecule has 0 aromatic heterocycles. The number of fused-ring (bicyclic) bond motifs is 2. The fraction of sp³-hybridized carbons (Fsp3) is 0.708. The molecule has 3 atom stereocenters. The van der Waals surface area contributed by atoms with Crippen molar-refractivity contribution in [2.24, 2.45) is 16.3 Å². The third kappa shape index (κ3) is 4.11. The molecule has 6 heteroatoms. The Hall–Kier alpha value is -0.860. The Balaban J connectivity index is 0.00000218. The van der Waals surface area contributed by atoms with Crippen LogP contribution >= 0.6 is 24.0 Å². The molecule has 0 radical (unpaired) electrons. The Morgan fingerprint density at radius 2 is 2.00 bits per heavy atom. The van der Waals surface area contributed by atoms with Crippen LogP contribution in [0.15, 0.2) is 29.3 Å². The van der Waals surface area contributed by atoms with Crippen molar-refractivity contribution in [3.63, 3.8) is 0 Å². The van der Waals surface area contributed by atoms with Crippen LogP contribution in [0.2, 0.25) is 0 Å². The smallest absolute Gasteiger partial charge is 0.191 e. The van der Waals surface area contributed by atoms with Gasteiger partial charge in [-0.3, -0.25) is 9.89 Å². The van der Waals surface area contributed by atoms with Gasteiger partial charge in [-0.1, -0.05) is 36.2 Å². The van der Waals surface area contributed by atoms with E-state index in [1.807, 2.05) is 7.05 Å². The van der Waals surface area contributed by atoms with Gasteiger partial charge in [0, 0.05) is 56.7 Å². The highest BCUT2D eigenvalue weighted by atomic mass is 127. The van der Waals surface area contributed by atoms with Crippen LogP contribution < -0.4 is 10.6 Å². The zero-order valence-corrected chi connectivity index (χ0v) is 20.7. The number of halogens is 1. The third-order valence-electron chi connectivity index (χ3n) is 7.97. The lowest BCUT2D eigenvalue weighted by Crippen LogP contribution is -2.72. The van der Waals surface area contributed by atoms with E-state index in [4.69, 9.17) is 4.74 Å². The second kappa shape index (κ2) is 9.33. The minimum Gasteiger partial charge on any atom is -0.377 e. The van der Waals surface area contributed by atoms with E-state index in [0.717, 1.165) is 32.2 Å². The van der Waals surface area contributed by atoms with Gasteiger partial charge >= 0.3 is 0 Å². The number of rotatable bonds is 4. The zero-order chi connectivity index (χ0) is 19.8. The molecule has 2 N–H and O–H groups in total. The first-order valence-corrected chi connectivity index (χ1v) is 11.6. The second-order valence-corrected chi connectivity index (χ2v) is 9.71. The normalized spacial score (nSPS) is 30.7. The van der Waals surface area contributed by atoms with Crippen molar-refractivity contribution in [1.82, 2.24) is 15.5 Å². The number of hydrogen-bond donors (Lipinski definition) is 2. The van der Waals surface area contributed by atoms with Crippen LogP contribution in [0.1, 0.15) is 49.7 Å². The van der Waals surface area contributed by atoms with Gasteiger partial charge in [0.1, 0.15) is 0 Å². The predicted octanol–water partition coefficient (Wildman–Crippen LogP) is 3.70. The Labute approximate surface area is 198 Å². The van der Waals surface area contributed by atoms with Crippen molar-refractivity contribution in [3.05, 3.63) is 35.4 Å². The molecule has 2 saturated heterocycles. The molecular weight excluding hydrogens is 487 g/mol. The summed E-state index contributed by atoms with van der Waals surface area (Å²) in [6.45, 7) is 6.48. The van der Waals surface area contributed by atoms with E-state index >= 15 is 0 Å². The lowest BCUT2D eigenvalue weighted by molar-refractivity contribution is -0.171. The molecule has 5 nitrogen and oxygen atoms in total. The lowest BCUT2D eigenvalue weighted by atomic mass is 9.46. The van der Waals surface area contributed by atoms with Crippen molar-refractivity contribution in [3.8, 4) is 0 Å². The molecule has 4 aliphatic rings. The number of benzene rings is 1. The number of nitrogens with one attached hydrogen (secondary N) is 2. The van der Waals surface area contributed by atoms with Crippen molar-refractivity contribution in [1.29, 1.82) is 0 Å². The first-order chi connectivity index (χ1) is 14.2. The molecule has 4 fully saturated rings. The Kier molecular flexibility index (Phi) is 6.95. The predicted molar refractivity (Wildman–Crippen MR) is 132 cm³/mol. The van der Waals surface area contributed by atoms with Crippen molar-refractivity contribution >= 4 is 29.9 Å². The molecule has 2 aliphatic heterocycles. The van der Waals surface area contributed by atoms with Gasteiger partial charge in [0.15, 0.2) is 5.96 Å². The second-order valence-electron chi connectivity index (χ2n) is 9.71. The van der Waals surface area contributed by atoms with Crippen LogP contribution in [0.25, 0.3) is 0 Å². The Morgan fingerprint density at radius 3 is 2.67 bits per heavy atom. The van der Waals surface area contributed by atoms with Crippen LogP contribution in [0.3, 0.4) is 0 Å². The maximum absolute atomic E-state index is 6.07. The standard InChI is InChI=1S/C24H36N4O.HI/c1-17-5-3-6-18(15-17)16-28-12-7-19(8-13-28)26-23(25-2)27-21-20-9-14-29-22(20)24(21)10-4-11-24;/h3,5-6,15,19-22H,4,7-14,16H2,1-2H3,(H2,25,26,27);1H. The molecule has 2 saturated carbocycles. The van der Waals surface area contributed by atoms with E-state index in [9.17, 15) is 0 Å². The van der Waals surface area contributed by atoms with E-state index in [1.165, 1.54) is 49.7 Å². The first-order valence-electron chi connectivity index (χ1n) is 11.6. The fourth-order valence-electron chi connectivity index (χ4n) is 6.27. The summed E-state index contributed by atoms with van der Waals surface area (Å²) >= 11 is 0. The molecule has 2 aliphatic carbocycles. The maximum Gasteiger partial charge on any atom is 0.191 e. The number of aryl methyl sites for hydroxylation is 1. The van der Waals surface area contributed by atoms with Gasteiger partial charge in [0.2, 0.25) is 0 Å². The monoisotopic (exact) mass is 524 g/mol.